The van der Waals surface area contributed by atoms with E-state index in [9.17, 15) is 43.5 Å². The van der Waals surface area contributed by atoms with Gasteiger partial charge in [0.15, 0.2) is 24.8 Å². The van der Waals surface area contributed by atoms with Crippen molar-refractivity contribution >= 4 is 22.3 Å². The molecule has 7 N–H and O–H groups in total. The van der Waals surface area contributed by atoms with Crippen LogP contribution in [0.5, 0.6) is 0 Å². The van der Waals surface area contributed by atoms with Gasteiger partial charge in [0.1, 0.15) is 36.6 Å². The Balaban J connectivity index is 2.42. The van der Waals surface area contributed by atoms with Gasteiger partial charge in [0.05, 0.1) is 12.7 Å². The van der Waals surface area contributed by atoms with Gasteiger partial charge in [-0.15, -0.1) is 0 Å². The van der Waals surface area contributed by atoms with E-state index in [2.05, 4.69) is 9.50 Å². The highest BCUT2D eigenvalue weighted by atomic mass is 32.3. The number of aliphatic hydroxyl groups is 4. The number of aliphatic hydroxyl groups excluding tert-OH is 4. The summed E-state index contributed by atoms with van der Waals surface area (Å²) in [7, 11) is -5.20. The number of carboxylic acids is 1. The highest BCUT2D eigenvalue weighted by molar-refractivity contribution is 7.80. The molecule has 0 radical (unpaired) electrons. The van der Waals surface area contributed by atoms with Crippen LogP contribution in [0, 0.1) is 0 Å². The standard InChI is InChI=1S/C18H31NO15S/c1-4-6(2)30-18-14(34-35(27,28)29)12(24)13(15(33-18)16(25)26)32-17-9(19-7(3)21)11(23)10(22)8(5-20)31-17/h6,8-15,17-18,20,22-24H,4-5H2,1-3H3,(H,19,21)(H,25,26)(H,27,28,29)/t6-,8+,9+,10+,11+,12-,13-,14+,15-,17+,18+/m0/s1. The van der Waals surface area contributed by atoms with Crippen molar-refractivity contribution in [1.82, 2.24) is 5.32 Å². The van der Waals surface area contributed by atoms with Crippen LogP contribution in [-0.2, 0) is 43.1 Å². The van der Waals surface area contributed by atoms with Gasteiger partial charge in [0.25, 0.3) is 0 Å². The van der Waals surface area contributed by atoms with E-state index in [-0.39, 0.29) is 0 Å². The second kappa shape index (κ2) is 12.2. The predicted molar refractivity (Wildman–Crippen MR) is 110 cm³/mol. The number of hydrogen-bond donors (Lipinski definition) is 7. The van der Waals surface area contributed by atoms with Crippen molar-refractivity contribution in [3.8, 4) is 0 Å². The summed E-state index contributed by atoms with van der Waals surface area (Å²) >= 11 is 0. The second-order valence-corrected chi connectivity index (χ2v) is 9.18. The summed E-state index contributed by atoms with van der Waals surface area (Å²) in [6.45, 7) is 3.51. The Labute approximate surface area is 200 Å². The zero-order valence-corrected chi connectivity index (χ0v) is 19.8. The lowest BCUT2D eigenvalue weighted by Gasteiger charge is -2.47. The molecule has 17 heteroatoms. The fourth-order valence-corrected chi connectivity index (χ4v) is 4.08. The van der Waals surface area contributed by atoms with Crippen molar-refractivity contribution in [2.24, 2.45) is 0 Å². The molecule has 2 rings (SSSR count). The van der Waals surface area contributed by atoms with E-state index < -0.39 is 96.3 Å². The SMILES string of the molecule is CC[C@H](C)O[C@@H]1O[C@H](C(=O)O)[C@@H](O[C@H]2O[C@H](CO)[C@@H](O)[C@H](O)[C@H]2NC(C)=O)[C@H](O)[C@H]1OS(=O)(=O)O. The van der Waals surface area contributed by atoms with Gasteiger partial charge in [0.2, 0.25) is 5.91 Å². The number of aliphatic carboxylic acids is 1. The fourth-order valence-electron chi connectivity index (χ4n) is 3.60. The van der Waals surface area contributed by atoms with Crippen LogP contribution < -0.4 is 5.32 Å². The van der Waals surface area contributed by atoms with E-state index in [1.54, 1.807) is 13.8 Å². The number of hydrogen-bond acceptors (Lipinski definition) is 13. The largest absolute Gasteiger partial charge is 0.479 e. The molecule has 11 atom stereocenters. The Bertz CT molecular complexity index is 840. The van der Waals surface area contributed by atoms with Crippen molar-refractivity contribution < 1.29 is 71.2 Å². The van der Waals surface area contributed by atoms with Gasteiger partial charge in [-0.25, -0.2) is 8.98 Å². The van der Waals surface area contributed by atoms with Gasteiger partial charge in [0, 0.05) is 6.92 Å². The molecule has 0 unspecified atom stereocenters. The minimum Gasteiger partial charge on any atom is -0.479 e. The summed E-state index contributed by atoms with van der Waals surface area (Å²) in [4.78, 5) is 23.5. The highest BCUT2D eigenvalue weighted by Gasteiger charge is 2.55. The van der Waals surface area contributed by atoms with E-state index in [1.165, 1.54) is 0 Å². The monoisotopic (exact) mass is 533 g/mol. The van der Waals surface area contributed by atoms with Gasteiger partial charge < -0.3 is 49.8 Å². The summed E-state index contributed by atoms with van der Waals surface area (Å²) in [6.07, 6.45) is -16.8. The average molecular weight is 534 g/mol. The van der Waals surface area contributed by atoms with Crippen molar-refractivity contribution in [2.45, 2.75) is 94.6 Å². The molecule has 2 heterocycles. The first-order valence-electron chi connectivity index (χ1n) is 10.6. The molecule has 0 aromatic heterocycles. The van der Waals surface area contributed by atoms with Crippen LogP contribution in [0.2, 0.25) is 0 Å². The van der Waals surface area contributed by atoms with Gasteiger partial charge in [-0.05, 0) is 13.3 Å². The Kier molecular flexibility index (Phi) is 10.3. The summed E-state index contributed by atoms with van der Waals surface area (Å²) in [5.74, 6) is -2.38. The molecule has 35 heavy (non-hydrogen) atoms. The third-order valence-corrected chi connectivity index (χ3v) is 5.95. The number of carboxylic acid groups (broad SMARTS) is 1. The molecule has 2 aliphatic heterocycles. The van der Waals surface area contributed by atoms with E-state index >= 15 is 0 Å². The molecule has 0 spiro atoms. The molecular weight excluding hydrogens is 502 g/mol. The lowest BCUT2D eigenvalue weighted by atomic mass is 9.95. The number of ether oxygens (including phenoxy) is 4. The van der Waals surface area contributed by atoms with E-state index in [0.29, 0.717) is 6.42 Å². The Morgan fingerprint density at radius 2 is 1.69 bits per heavy atom. The van der Waals surface area contributed by atoms with Gasteiger partial charge in [-0.3, -0.25) is 9.35 Å². The summed E-state index contributed by atoms with van der Waals surface area (Å²) in [5, 5.41) is 52.7. The van der Waals surface area contributed by atoms with Crippen LogP contribution in [0.1, 0.15) is 27.2 Å². The average Bonchev–Trinajstić information content (AvgIpc) is 2.75. The first-order valence-corrected chi connectivity index (χ1v) is 12.0. The number of carbonyl (C=O) groups excluding carboxylic acids is 1. The molecule has 204 valence electrons. The highest BCUT2D eigenvalue weighted by Crippen LogP contribution is 2.32. The number of rotatable bonds is 10. The van der Waals surface area contributed by atoms with Crippen LogP contribution >= 0.6 is 0 Å². The summed E-state index contributed by atoms with van der Waals surface area (Å²) < 4.78 is 58.0. The molecule has 0 aromatic carbocycles. The Hall–Kier alpha value is -1.51. The molecule has 1 amide bonds. The van der Waals surface area contributed by atoms with Crippen molar-refractivity contribution in [1.29, 1.82) is 0 Å². The van der Waals surface area contributed by atoms with Crippen LogP contribution in [0.4, 0.5) is 0 Å². The van der Waals surface area contributed by atoms with Gasteiger partial charge in [-0.2, -0.15) is 8.42 Å². The fraction of sp³-hybridized carbons (Fsp3) is 0.889. The first-order chi connectivity index (χ1) is 16.2. The molecule has 0 aromatic rings. The molecule has 2 fully saturated rings. The van der Waals surface area contributed by atoms with Crippen LogP contribution in [0.3, 0.4) is 0 Å². The lowest BCUT2D eigenvalue weighted by molar-refractivity contribution is -0.342. The summed E-state index contributed by atoms with van der Waals surface area (Å²) in [6, 6.07) is -1.51. The van der Waals surface area contributed by atoms with Crippen LogP contribution in [0.25, 0.3) is 0 Å². The maximum atomic E-state index is 11.9. The van der Waals surface area contributed by atoms with Gasteiger partial charge in [-0.1, -0.05) is 6.92 Å². The molecule has 2 aliphatic rings. The van der Waals surface area contributed by atoms with Crippen molar-refractivity contribution in [3.63, 3.8) is 0 Å². The third kappa shape index (κ3) is 7.49. The number of carbonyl (C=O) groups is 2. The van der Waals surface area contributed by atoms with Crippen LogP contribution in [0.15, 0.2) is 0 Å². The molecule has 0 aliphatic carbocycles. The Morgan fingerprint density at radius 3 is 2.17 bits per heavy atom. The topological polar surface area (TPSA) is 248 Å². The minimum atomic E-state index is -5.20. The van der Waals surface area contributed by atoms with Crippen molar-refractivity contribution in [3.05, 3.63) is 0 Å². The van der Waals surface area contributed by atoms with Gasteiger partial charge >= 0.3 is 16.4 Å². The molecule has 2 saturated heterocycles. The lowest BCUT2D eigenvalue weighted by Crippen LogP contribution is -2.68. The van der Waals surface area contributed by atoms with Crippen LogP contribution in [-0.4, -0.2) is 124 Å². The maximum absolute atomic E-state index is 11.9. The zero-order chi connectivity index (χ0) is 26.7. The third-order valence-electron chi connectivity index (χ3n) is 5.48. The Morgan fingerprint density at radius 1 is 1.06 bits per heavy atom. The molecular formula is C18H31NO15S. The van der Waals surface area contributed by atoms with E-state index in [1.807, 2.05) is 0 Å². The smallest absolute Gasteiger partial charge is 0.397 e. The normalized spacial score (nSPS) is 39.1. The number of nitrogens with one attached hydrogen (secondary N) is 1. The zero-order valence-electron chi connectivity index (χ0n) is 19.0. The quantitative estimate of drug-likeness (QED) is 0.135. The molecule has 0 saturated carbocycles. The second-order valence-electron chi connectivity index (χ2n) is 8.13. The maximum Gasteiger partial charge on any atom is 0.397 e. The molecule has 0 bridgehead atoms. The number of amides is 1. The minimum absolute atomic E-state index is 0.378. The van der Waals surface area contributed by atoms with Crippen molar-refractivity contribution in [2.75, 3.05) is 6.61 Å². The summed E-state index contributed by atoms with van der Waals surface area (Å²) in [5.41, 5.74) is 0. The van der Waals surface area contributed by atoms with E-state index in [0.717, 1.165) is 6.92 Å². The van der Waals surface area contributed by atoms with E-state index in [4.69, 9.17) is 23.5 Å². The predicted octanol–water partition coefficient (Wildman–Crippen LogP) is -3.51. The molecule has 16 nitrogen and oxygen atoms in total. The first kappa shape index (κ1) is 29.7.